The third kappa shape index (κ3) is 33.0. The summed E-state index contributed by atoms with van der Waals surface area (Å²) in [6.07, 6.45) is 4.08. The Balaban J connectivity index is -0.0000000808. The van der Waals surface area contributed by atoms with E-state index in [1.807, 2.05) is 62.3 Å². The number of carbonyl (C=O) groups excluding carboxylic acids is 1. The Hall–Kier alpha value is -1.11. The first-order chi connectivity index (χ1) is 12.6. The van der Waals surface area contributed by atoms with Crippen LogP contribution >= 0.6 is 0 Å². The molecule has 1 aromatic rings. The number of hydrogen-bond acceptors (Lipinski definition) is 1. The van der Waals surface area contributed by atoms with Crippen LogP contribution in [0.2, 0.25) is 0 Å². The molecule has 0 saturated carbocycles. The zero-order chi connectivity index (χ0) is 23.1. The molecule has 0 unspecified atom stereocenters. The Morgan fingerprint density at radius 3 is 1.26 bits per heavy atom. The highest BCUT2D eigenvalue weighted by molar-refractivity contribution is 5.80. The minimum Gasteiger partial charge on any atom is -0.299 e. The second-order valence-corrected chi connectivity index (χ2v) is 6.75. The van der Waals surface area contributed by atoms with Crippen molar-refractivity contribution in [2.75, 3.05) is 0 Å². The molecular formula is C26H54O. The lowest BCUT2D eigenvalue weighted by Gasteiger charge is -2.11. The van der Waals surface area contributed by atoms with E-state index < -0.39 is 0 Å². The van der Waals surface area contributed by atoms with Gasteiger partial charge in [0.2, 0.25) is 0 Å². The number of Topliss-reactive ketones (excluding diaryl/α,β-unsaturated/α-hetero) is 1. The van der Waals surface area contributed by atoms with Crippen LogP contribution in [0, 0.1) is 26.2 Å². The number of benzene rings is 1. The first-order valence-electron chi connectivity index (χ1n) is 11.1. The topological polar surface area (TPSA) is 17.1 Å². The van der Waals surface area contributed by atoms with Gasteiger partial charge >= 0.3 is 0 Å². The van der Waals surface area contributed by atoms with Crippen molar-refractivity contribution in [3.63, 3.8) is 0 Å². The molecule has 0 saturated heterocycles. The molecule has 0 N–H and O–H groups in total. The number of hydrogen-bond donors (Lipinski definition) is 0. The van der Waals surface area contributed by atoms with Crippen LogP contribution in [0.4, 0.5) is 0 Å². The van der Waals surface area contributed by atoms with Crippen LogP contribution in [-0.4, -0.2) is 5.78 Å². The highest BCUT2D eigenvalue weighted by Gasteiger charge is 2.14. The summed E-state index contributed by atoms with van der Waals surface area (Å²) in [6, 6.07) is 6.50. The van der Waals surface area contributed by atoms with E-state index in [2.05, 4.69) is 52.8 Å². The molecule has 0 heterocycles. The molecule has 1 aromatic carbocycles. The van der Waals surface area contributed by atoms with Crippen molar-refractivity contribution in [1.29, 1.82) is 0 Å². The molecule has 0 radical (unpaired) electrons. The van der Waals surface area contributed by atoms with Crippen molar-refractivity contribution in [1.82, 2.24) is 0 Å². The smallest absolute Gasteiger partial charge is 0.135 e. The maximum atomic E-state index is 10.5. The number of aryl methyl sites for hydroxylation is 3. The van der Waals surface area contributed by atoms with Crippen molar-refractivity contribution in [3.8, 4) is 0 Å². The third-order valence-electron chi connectivity index (χ3n) is 3.43. The molecule has 0 spiro atoms. The number of rotatable bonds is 2. The van der Waals surface area contributed by atoms with E-state index in [1.165, 1.54) is 36.0 Å². The summed E-state index contributed by atoms with van der Waals surface area (Å²) in [4.78, 5) is 10.5. The minimum absolute atomic E-state index is 0.139. The van der Waals surface area contributed by atoms with Gasteiger partial charge in [-0.25, -0.2) is 0 Å². The molecule has 1 rings (SSSR count). The molecule has 0 amide bonds. The van der Waals surface area contributed by atoms with Crippen LogP contribution in [0.5, 0.6) is 0 Å². The molecule has 164 valence electrons. The van der Waals surface area contributed by atoms with E-state index in [-0.39, 0.29) is 11.2 Å². The highest BCUT2D eigenvalue weighted by Crippen LogP contribution is 2.12. The fourth-order valence-electron chi connectivity index (χ4n) is 1.24. The van der Waals surface area contributed by atoms with Gasteiger partial charge in [0, 0.05) is 5.41 Å². The van der Waals surface area contributed by atoms with Crippen molar-refractivity contribution in [2.45, 2.75) is 123 Å². The van der Waals surface area contributed by atoms with E-state index >= 15 is 0 Å². The Kier molecular flexibility index (Phi) is 36.9. The lowest BCUT2D eigenvalue weighted by Crippen LogP contribution is -2.15. The van der Waals surface area contributed by atoms with Gasteiger partial charge in [-0.2, -0.15) is 0 Å². The summed E-state index contributed by atoms with van der Waals surface area (Å²) in [7, 11) is 0. The first-order valence-corrected chi connectivity index (χ1v) is 11.1. The monoisotopic (exact) mass is 382 g/mol. The van der Waals surface area contributed by atoms with Gasteiger partial charge in [-0.15, -0.1) is 0 Å². The van der Waals surface area contributed by atoms with Gasteiger partial charge in [-0.05, 0) is 38.8 Å². The predicted molar refractivity (Wildman–Crippen MR) is 130 cm³/mol. The Labute approximate surface area is 174 Å². The summed E-state index contributed by atoms with van der Waals surface area (Å²) in [5.41, 5.74) is 3.97. The molecule has 0 aliphatic carbocycles. The van der Waals surface area contributed by atoms with Gasteiger partial charge in [0.25, 0.3) is 0 Å². The zero-order valence-corrected chi connectivity index (χ0v) is 21.8. The Bertz CT molecular complexity index is 395. The Morgan fingerprint density at radius 1 is 0.778 bits per heavy atom. The van der Waals surface area contributed by atoms with Crippen LogP contribution in [0.3, 0.4) is 0 Å². The molecule has 0 aliphatic rings. The fraction of sp³-hybridized carbons (Fsp3) is 0.731. The average molecular weight is 383 g/mol. The fourth-order valence-corrected chi connectivity index (χ4v) is 1.24. The van der Waals surface area contributed by atoms with Gasteiger partial charge in [0.15, 0.2) is 0 Å². The highest BCUT2D eigenvalue weighted by atomic mass is 16.1. The van der Waals surface area contributed by atoms with Gasteiger partial charge in [0.05, 0.1) is 0 Å². The van der Waals surface area contributed by atoms with Crippen molar-refractivity contribution >= 4 is 5.78 Å². The Morgan fingerprint density at radius 2 is 1.11 bits per heavy atom. The van der Waals surface area contributed by atoms with E-state index in [1.54, 1.807) is 6.92 Å². The molecule has 0 bridgehead atoms. The number of carbonyl (C=O) groups is 1. The van der Waals surface area contributed by atoms with Gasteiger partial charge < -0.3 is 0 Å². The van der Waals surface area contributed by atoms with E-state index in [9.17, 15) is 4.79 Å². The van der Waals surface area contributed by atoms with Crippen molar-refractivity contribution < 1.29 is 4.79 Å². The molecule has 27 heavy (non-hydrogen) atoms. The lowest BCUT2D eigenvalue weighted by molar-refractivity contribution is -0.124. The standard InChI is InChI=1S/C9H12.C6H12O.C5H12.3C2H6/c1-7-4-5-8(2)9(3)6-7;1-5(7)6(2,3)4;1-3-5-4-2;3*1-2/h4-6H,1-3H3;1-4H3;3-5H2,1-2H3;3*1-2H3. The largest absolute Gasteiger partial charge is 0.299 e. The summed E-state index contributed by atoms with van der Waals surface area (Å²) in [6.45, 7) is 30.2. The second-order valence-electron chi connectivity index (χ2n) is 6.75. The van der Waals surface area contributed by atoms with E-state index in [0.29, 0.717) is 0 Å². The first kappa shape index (κ1) is 36.8. The molecule has 1 heteroatoms. The molecule has 0 fully saturated rings. The van der Waals surface area contributed by atoms with Crippen LogP contribution < -0.4 is 0 Å². The van der Waals surface area contributed by atoms with Gasteiger partial charge in [-0.3, -0.25) is 4.79 Å². The van der Waals surface area contributed by atoms with Gasteiger partial charge in [-0.1, -0.05) is 119 Å². The van der Waals surface area contributed by atoms with E-state index in [0.717, 1.165) is 0 Å². The summed E-state index contributed by atoms with van der Waals surface area (Å²) in [5, 5.41) is 0. The zero-order valence-electron chi connectivity index (χ0n) is 21.8. The number of ketones is 1. The summed E-state index contributed by atoms with van der Waals surface area (Å²) in [5.74, 6) is 0.243. The average Bonchev–Trinajstić information content (AvgIpc) is 2.64. The predicted octanol–water partition coefficient (Wildman–Crippen LogP) is 9.51. The van der Waals surface area contributed by atoms with Crippen molar-refractivity contribution in [2.24, 2.45) is 5.41 Å². The molecular weight excluding hydrogens is 328 g/mol. The maximum Gasteiger partial charge on any atom is 0.135 e. The van der Waals surface area contributed by atoms with Crippen LogP contribution in [0.15, 0.2) is 18.2 Å². The molecule has 0 aromatic heterocycles. The molecule has 0 aliphatic heterocycles. The quantitative estimate of drug-likeness (QED) is 0.497. The van der Waals surface area contributed by atoms with Gasteiger partial charge in [0.1, 0.15) is 5.78 Å². The lowest BCUT2D eigenvalue weighted by atomic mass is 9.92. The van der Waals surface area contributed by atoms with Crippen LogP contribution in [-0.2, 0) is 4.79 Å². The SMILES string of the molecule is CC.CC.CC.CC(=O)C(C)(C)C.CCCCC.Cc1ccc(C)c(C)c1. The second kappa shape index (κ2) is 27.1. The van der Waals surface area contributed by atoms with Crippen LogP contribution in [0.25, 0.3) is 0 Å². The molecule has 1 nitrogen and oxygen atoms in total. The van der Waals surface area contributed by atoms with Crippen molar-refractivity contribution in [3.05, 3.63) is 34.9 Å². The molecule has 0 atom stereocenters. The third-order valence-corrected chi connectivity index (χ3v) is 3.43. The number of unbranched alkanes of at least 4 members (excludes halogenated alkanes) is 2. The summed E-state index contributed by atoms with van der Waals surface area (Å²) < 4.78 is 0. The maximum absolute atomic E-state index is 10.5. The van der Waals surface area contributed by atoms with E-state index in [4.69, 9.17) is 0 Å². The minimum atomic E-state index is -0.139. The normalized spacial score (nSPS) is 8.41. The van der Waals surface area contributed by atoms with Crippen LogP contribution in [0.1, 0.15) is 119 Å². The summed E-state index contributed by atoms with van der Waals surface area (Å²) >= 11 is 0.